The van der Waals surface area contributed by atoms with Gasteiger partial charge < -0.3 is 19.5 Å². The van der Waals surface area contributed by atoms with Crippen molar-refractivity contribution in [2.75, 3.05) is 26.9 Å². The van der Waals surface area contributed by atoms with Crippen LogP contribution in [0.3, 0.4) is 0 Å². The van der Waals surface area contributed by atoms with Crippen molar-refractivity contribution in [3.8, 4) is 11.5 Å². The zero-order valence-electron chi connectivity index (χ0n) is 17.5. The minimum absolute atomic E-state index is 0.0451. The minimum Gasteiger partial charge on any atom is -0.493 e. The number of hydrogen-bond donors (Lipinski definition) is 1. The molecule has 0 radical (unpaired) electrons. The van der Waals surface area contributed by atoms with E-state index < -0.39 is 4.92 Å². The van der Waals surface area contributed by atoms with Crippen LogP contribution in [0.2, 0.25) is 5.02 Å². The van der Waals surface area contributed by atoms with E-state index in [1.165, 1.54) is 12.1 Å². The number of unbranched alkanes of at least 4 members (excludes halogenated alkanes) is 1. The van der Waals surface area contributed by atoms with Crippen molar-refractivity contribution in [2.45, 2.75) is 39.3 Å². The van der Waals surface area contributed by atoms with Gasteiger partial charge in [0.25, 0.3) is 5.69 Å². The van der Waals surface area contributed by atoms with E-state index in [0.29, 0.717) is 23.1 Å². The lowest BCUT2D eigenvalue weighted by Gasteiger charge is -2.14. The summed E-state index contributed by atoms with van der Waals surface area (Å²) in [6, 6.07) is 9.82. The number of rotatable bonds is 14. The summed E-state index contributed by atoms with van der Waals surface area (Å²) >= 11 is 6.42. The molecule has 0 saturated heterocycles. The van der Waals surface area contributed by atoms with E-state index in [-0.39, 0.29) is 12.3 Å². The highest BCUT2D eigenvalue weighted by atomic mass is 35.5. The fraction of sp³-hybridized carbons (Fsp3) is 0.455. The van der Waals surface area contributed by atoms with E-state index >= 15 is 0 Å². The van der Waals surface area contributed by atoms with Gasteiger partial charge >= 0.3 is 0 Å². The van der Waals surface area contributed by atoms with Crippen molar-refractivity contribution < 1.29 is 19.1 Å². The lowest BCUT2D eigenvalue weighted by molar-refractivity contribution is -0.384. The van der Waals surface area contributed by atoms with Crippen LogP contribution in [0.4, 0.5) is 5.69 Å². The number of nitrogens with zero attached hydrogens (tertiary/aromatic N) is 1. The van der Waals surface area contributed by atoms with Gasteiger partial charge in [-0.2, -0.15) is 0 Å². The average Bonchev–Trinajstić information content (AvgIpc) is 2.75. The first-order valence-electron chi connectivity index (χ1n) is 10.1. The number of nitro benzene ring substituents is 1. The molecule has 0 fully saturated rings. The monoisotopic (exact) mass is 436 g/mol. The Labute approximate surface area is 182 Å². The fourth-order valence-electron chi connectivity index (χ4n) is 2.73. The van der Waals surface area contributed by atoms with E-state index in [2.05, 4.69) is 12.2 Å². The second-order valence-corrected chi connectivity index (χ2v) is 7.21. The Morgan fingerprint density at radius 1 is 1.10 bits per heavy atom. The predicted octanol–water partition coefficient (Wildman–Crippen LogP) is 5.13. The van der Waals surface area contributed by atoms with E-state index in [0.717, 1.165) is 50.1 Å². The van der Waals surface area contributed by atoms with Gasteiger partial charge in [0, 0.05) is 43.0 Å². The molecule has 2 rings (SSSR count). The summed E-state index contributed by atoms with van der Waals surface area (Å²) in [4.78, 5) is 10.3. The summed E-state index contributed by atoms with van der Waals surface area (Å²) in [7, 11) is 1.58. The first kappa shape index (κ1) is 23.9. The first-order valence-corrected chi connectivity index (χ1v) is 10.4. The largest absolute Gasteiger partial charge is 0.493 e. The van der Waals surface area contributed by atoms with Crippen molar-refractivity contribution in [2.24, 2.45) is 0 Å². The van der Waals surface area contributed by atoms with Gasteiger partial charge in [-0.3, -0.25) is 10.1 Å². The molecule has 0 amide bonds. The van der Waals surface area contributed by atoms with Crippen molar-refractivity contribution in [3.05, 3.63) is 62.7 Å². The van der Waals surface area contributed by atoms with Gasteiger partial charge in [-0.15, -0.1) is 0 Å². The number of hydrogen-bond acceptors (Lipinski definition) is 6. The number of ether oxygens (including phenoxy) is 3. The maximum atomic E-state index is 10.7. The van der Waals surface area contributed by atoms with Crippen LogP contribution in [-0.4, -0.2) is 31.8 Å². The third kappa shape index (κ3) is 7.82. The predicted molar refractivity (Wildman–Crippen MR) is 117 cm³/mol. The Bertz CT molecular complexity index is 799. The van der Waals surface area contributed by atoms with Crippen LogP contribution >= 0.6 is 11.6 Å². The van der Waals surface area contributed by atoms with Crippen LogP contribution < -0.4 is 14.8 Å². The van der Waals surface area contributed by atoms with E-state index in [9.17, 15) is 10.1 Å². The molecule has 0 bridgehead atoms. The number of halogens is 1. The molecular formula is C22H29ClN2O5. The topological polar surface area (TPSA) is 82.9 Å². The lowest BCUT2D eigenvalue weighted by Crippen LogP contribution is -2.17. The second kappa shape index (κ2) is 13.1. The molecule has 0 aliphatic heterocycles. The van der Waals surface area contributed by atoms with Gasteiger partial charge in [0.2, 0.25) is 0 Å². The molecule has 0 saturated carbocycles. The summed E-state index contributed by atoms with van der Waals surface area (Å²) < 4.78 is 16.8. The lowest BCUT2D eigenvalue weighted by atomic mass is 10.2. The summed E-state index contributed by atoms with van der Waals surface area (Å²) in [5.41, 5.74) is 1.78. The smallest absolute Gasteiger partial charge is 0.269 e. The molecule has 0 heterocycles. The SMILES string of the molecule is CCCCOCCCNCc1cc(OC)c(OCc2ccc([N+](=O)[O-])cc2)cc1Cl. The normalized spacial score (nSPS) is 10.8. The fourth-order valence-corrected chi connectivity index (χ4v) is 2.95. The highest BCUT2D eigenvalue weighted by Crippen LogP contribution is 2.34. The third-order valence-corrected chi connectivity index (χ3v) is 4.83. The molecule has 0 atom stereocenters. The van der Waals surface area contributed by atoms with Crippen LogP contribution in [0.5, 0.6) is 11.5 Å². The molecule has 30 heavy (non-hydrogen) atoms. The Morgan fingerprint density at radius 3 is 2.50 bits per heavy atom. The maximum Gasteiger partial charge on any atom is 0.269 e. The standard InChI is InChI=1S/C22H29ClN2O5/c1-3-4-11-29-12-5-10-24-15-18-13-21(28-2)22(14-20(18)23)30-16-17-6-8-19(9-7-17)25(26)27/h6-9,13-14,24H,3-5,10-12,15-16H2,1-2H3. The molecule has 1 N–H and O–H groups in total. The van der Waals surface area contributed by atoms with Crippen LogP contribution in [0.15, 0.2) is 36.4 Å². The molecule has 7 nitrogen and oxygen atoms in total. The first-order chi connectivity index (χ1) is 14.5. The van der Waals surface area contributed by atoms with Crippen molar-refractivity contribution in [1.82, 2.24) is 5.32 Å². The Balaban J connectivity index is 1.86. The minimum atomic E-state index is -0.431. The highest BCUT2D eigenvalue weighted by molar-refractivity contribution is 6.31. The van der Waals surface area contributed by atoms with Gasteiger partial charge in [0.05, 0.1) is 12.0 Å². The van der Waals surface area contributed by atoms with E-state index in [4.69, 9.17) is 25.8 Å². The summed E-state index contributed by atoms with van der Waals surface area (Å²) in [5, 5.41) is 14.7. The molecular weight excluding hydrogens is 408 g/mol. The Kier molecular flexibility index (Phi) is 10.4. The van der Waals surface area contributed by atoms with Crippen molar-refractivity contribution in [3.63, 3.8) is 0 Å². The number of non-ortho nitro benzene ring substituents is 1. The Hall–Kier alpha value is -2.35. The summed E-state index contributed by atoms with van der Waals surface area (Å²) in [6.07, 6.45) is 3.18. The van der Waals surface area contributed by atoms with Gasteiger partial charge in [-0.1, -0.05) is 24.9 Å². The molecule has 2 aromatic carbocycles. The summed E-state index contributed by atoms with van der Waals surface area (Å²) in [5.74, 6) is 1.11. The molecule has 164 valence electrons. The van der Waals surface area contributed by atoms with Crippen LogP contribution in [0.25, 0.3) is 0 Å². The molecule has 0 spiro atoms. The quantitative estimate of drug-likeness (QED) is 0.251. The van der Waals surface area contributed by atoms with Gasteiger partial charge in [0.15, 0.2) is 11.5 Å². The molecule has 0 unspecified atom stereocenters. The number of benzene rings is 2. The molecule has 2 aromatic rings. The summed E-state index contributed by atoms with van der Waals surface area (Å²) in [6.45, 7) is 5.42. The van der Waals surface area contributed by atoms with E-state index in [1.54, 1.807) is 25.3 Å². The maximum absolute atomic E-state index is 10.7. The Morgan fingerprint density at radius 2 is 1.83 bits per heavy atom. The van der Waals surface area contributed by atoms with Crippen LogP contribution in [-0.2, 0) is 17.9 Å². The second-order valence-electron chi connectivity index (χ2n) is 6.80. The number of methoxy groups -OCH3 is 1. The van der Waals surface area contributed by atoms with Gasteiger partial charge in [-0.25, -0.2) is 0 Å². The van der Waals surface area contributed by atoms with Gasteiger partial charge in [0.1, 0.15) is 6.61 Å². The average molecular weight is 437 g/mol. The zero-order valence-corrected chi connectivity index (χ0v) is 18.2. The molecule has 0 aromatic heterocycles. The van der Waals surface area contributed by atoms with Crippen LogP contribution in [0, 0.1) is 10.1 Å². The van der Waals surface area contributed by atoms with Crippen molar-refractivity contribution in [1.29, 1.82) is 0 Å². The van der Waals surface area contributed by atoms with E-state index in [1.807, 2.05) is 6.07 Å². The third-order valence-electron chi connectivity index (χ3n) is 4.47. The zero-order chi connectivity index (χ0) is 21.8. The molecule has 0 aliphatic carbocycles. The van der Waals surface area contributed by atoms with Gasteiger partial charge in [-0.05, 0) is 48.7 Å². The number of nitrogens with one attached hydrogen (secondary N) is 1. The molecule has 8 heteroatoms. The number of nitro groups is 1. The highest BCUT2D eigenvalue weighted by Gasteiger charge is 2.11. The van der Waals surface area contributed by atoms with Crippen molar-refractivity contribution >= 4 is 17.3 Å². The molecule has 0 aliphatic rings. The van der Waals surface area contributed by atoms with Crippen LogP contribution in [0.1, 0.15) is 37.3 Å².